The number of carbonyl (C=O) groups is 2. The minimum atomic E-state index is -0.827. The van der Waals surface area contributed by atoms with E-state index in [4.69, 9.17) is 24.9 Å². The second kappa shape index (κ2) is 9.92. The highest BCUT2D eigenvalue weighted by Crippen LogP contribution is 2.39. The van der Waals surface area contributed by atoms with Gasteiger partial charge in [0.2, 0.25) is 11.8 Å². The van der Waals surface area contributed by atoms with Gasteiger partial charge in [0.05, 0.1) is 41.9 Å². The molecule has 2 fully saturated rings. The van der Waals surface area contributed by atoms with Gasteiger partial charge in [-0.15, -0.1) is 0 Å². The van der Waals surface area contributed by atoms with E-state index in [1.54, 1.807) is 31.6 Å². The van der Waals surface area contributed by atoms with E-state index in [2.05, 4.69) is 15.3 Å². The number of anilines is 2. The highest BCUT2D eigenvalue weighted by molar-refractivity contribution is 5.93. The molecule has 1 saturated heterocycles. The topological polar surface area (TPSA) is 142 Å². The number of nitrogens with one attached hydrogen (secondary N) is 1. The Hall–Kier alpha value is -3.83. The van der Waals surface area contributed by atoms with Crippen molar-refractivity contribution in [2.75, 3.05) is 32.1 Å². The molecule has 0 spiro atoms. The zero-order valence-corrected chi connectivity index (χ0v) is 24.1. The first-order valence-electron chi connectivity index (χ1n) is 14.0. The van der Waals surface area contributed by atoms with Crippen molar-refractivity contribution in [2.24, 2.45) is 11.7 Å². The fourth-order valence-corrected chi connectivity index (χ4v) is 5.43. The molecule has 2 atom stereocenters. The molecule has 0 bridgehead atoms. The minimum absolute atomic E-state index is 0.0899. The van der Waals surface area contributed by atoms with Crippen LogP contribution in [0.4, 0.5) is 11.6 Å². The summed E-state index contributed by atoms with van der Waals surface area (Å²) in [6.07, 6.45) is 5.28. The van der Waals surface area contributed by atoms with Gasteiger partial charge < -0.3 is 30.2 Å². The van der Waals surface area contributed by atoms with Crippen molar-refractivity contribution in [3.8, 4) is 5.88 Å². The van der Waals surface area contributed by atoms with Crippen LogP contribution in [-0.2, 0) is 19.8 Å². The van der Waals surface area contributed by atoms with E-state index in [9.17, 15) is 9.59 Å². The molecular formula is C30H36N6O5. The van der Waals surface area contributed by atoms with Gasteiger partial charge in [0.15, 0.2) is 0 Å². The summed E-state index contributed by atoms with van der Waals surface area (Å²) in [5, 5.41) is 4.81. The zero-order chi connectivity index (χ0) is 29.1. The van der Waals surface area contributed by atoms with Crippen molar-refractivity contribution in [2.45, 2.75) is 63.7 Å². The lowest BCUT2D eigenvalue weighted by atomic mass is 9.84. The predicted molar refractivity (Wildman–Crippen MR) is 152 cm³/mol. The highest BCUT2D eigenvalue weighted by atomic mass is 16.6. The fourth-order valence-electron chi connectivity index (χ4n) is 5.43. The van der Waals surface area contributed by atoms with E-state index in [1.807, 2.05) is 38.7 Å². The van der Waals surface area contributed by atoms with Crippen LogP contribution in [-0.4, -0.2) is 70.2 Å². The van der Waals surface area contributed by atoms with Crippen molar-refractivity contribution < 1.29 is 23.8 Å². The molecule has 1 saturated carbocycles. The molecule has 6 rings (SSSR count). The number of nitrogens with two attached hydrogens (primary N) is 1. The Bertz CT molecular complexity index is 1530. The molecule has 3 aliphatic rings. The second-order valence-corrected chi connectivity index (χ2v) is 12.2. The third-order valence-corrected chi connectivity index (χ3v) is 8.37. The summed E-state index contributed by atoms with van der Waals surface area (Å²) in [5.74, 6) is 1.51. The summed E-state index contributed by atoms with van der Waals surface area (Å²) >= 11 is 0. The Labute approximate surface area is 238 Å². The molecule has 1 aliphatic carbocycles. The standard InChI is InChI=1S/C30H36N6O5/c1-16-25-19(28(38)41-29(16,2)3)8-9-23(35-25)34-24-10-20-21(11-32-24)26(33-12-22(20)30(4,31)15-39-5)40-18-13-36(14-18)27(37)17-6-7-17/h8-12,16-18H,6-7,13-15,31H2,1-5H3,(H,32,34,35)/t16-,30?/m1/s1. The van der Waals surface area contributed by atoms with Gasteiger partial charge in [-0.25, -0.2) is 19.7 Å². The molecule has 41 heavy (non-hydrogen) atoms. The van der Waals surface area contributed by atoms with Crippen LogP contribution >= 0.6 is 0 Å². The monoisotopic (exact) mass is 560 g/mol. The largest absolute Gasteiger partial charge is 0.470 e. The molecule has 1 amide bonds. The van der Waals surface area contributed by atoms with E-state index in [1.165, 1.54) is 0 Å². The first kappa shape index (κ1) is 27.3. The van der Waals surface area contributed by atoms with Crippen LogP contribution in [0.2, 0.25) is 0 Å². The summed E-state index contributed by atoms with van der Waals surface area (Å²) in [6, 6.07) is 5.36. The van der Waals surface area contributed by atoms with Crippen molar-refractivity contribution in [1.29, 1.82) is 0 Å². The molecule has 1 unspecified atom stereocenters. The maximum Gasteiger partial charge on any atom is 0.340 e. The van der Waals surface area contributed by atoms with Crippen molar-refractivity contribution in [3.63, 3.8) is 0 Å². The number of hydrogen-bond donors (Lipinski definition) is 2. The average Bonchev–Trinajstić information content (AvgIpc) is 3.74. The molecule has 3 aromatic rings. The summed E-state index contributed by atoms with van der Waals surface area (Å²) in [4.78, 5) is 40.7. The number of ether oxygens (including phenoxy) is 3. The van der Waals surface area contributed by atoms with Gasteiger partial charge in [-0.1, -0.05) is 6.92 Å². The van der Waals surface area contributed by atoms with E-state index < -0.39 is 11.1 Å². The second-order valence-electron chi connectivity index (χ2n) is 12.2. The van der Waals surface area contributed by atoms with E-state index in [0.29, 0.717) is 47.2 Å². The lowest BCUT2D eigenvalue weighted by Gasteiger charge is -2.39. The minimum Gasteiger partial charge on any atom is -0.470 e. The lowest BCUT2D eigenvalue weighted by molar-refractivity contribution is -0.141. The molecule has 216 valence electrons. The maximum atomic E-state index is 12.5. The molecule has 3 aromatic heterocycles. The Morgan fingerprint density at radius 2 is 1.95 bits per heavy atom. The number of likely N-dealkylation sites (tertiary alicyclic amines) is 1. The van der Waals surface area contributed by atoms with Crippen LogP contribution in [0, 0.1) is 5.92 Å². The van der Waals surface area contributed by atoms with Crippen LogP contribution < -0.4 is 15.8 Å². The third kappa shape index (κ3) is 5.08. The number of amides is 1. The van der Waals surface area contributed by atoms with Gasteiger partial charge in [0, 0.05) is 36.9 Å². The Balaban J connectivity index is 1.30. The summed E-state index contributed by atoms with van der Waals surface area (Å²) in [7, 11) is 1.61. The normalized spacial score (nSPS) is 21.5. The number of fused-ring (bicyclic) bond motifs is 2. The molecule has 3 N–H and O–H groups in total. The van der Waals surface area contributed by atoms with Gasteiger partial charge in [-0.2, -0.15) is 0 Å². The van der Waals surface area contributed by atoms with Crippen LogP contribution in [0.1, 0.15) is 68.1 Å². The molecule has 11 nitrogen and oxygen atoms in total. The highest BCUT2D eigenvalue weighted by Gasteiger charge is 2.41. The SMILES string of the molecule is COCC(C)(N)c1cnc(OC2CN(C(=O)C3CC3)C2)c2cnc(Nc3ccc4c(n3)[C@@H](C)C(C)(C)OC4=O)cc12. The number of pyridine rings is 3. The molecule has 2 aliphatic heterocycles. The Morgan fingerprint density at radius 1 is 1.20 bits per heavy atom. The predicted octanol–water partition coefficient (Wildman–Crippen LogP) is 3.64. The van der Waals surface area contributed by atoms with Crippen LogP contribution in [0.3, 0.4) is 0 Å². The maximum absolute atomic E-state index is 12.5. The number of carbonyl (C=O) groups excluding carboxylic acids is 2. The summed E-state index contributed by atoms with van der Waals surface area (Å²) < 4.78 is 17.2. The van der Waals surface area contributed by atoms with Crippen molar-refractivity contribution >= 4 is 34.3 Å². The Kier molecular flexibility index (Phi) is 6.61. The van der Waals surface area contributed by atoms with Crippen LogP contribution in [0.15, 0.2) is 30.6 Å². The van der Waals surface area contributed by atoms with Crippen molar-refractivity contribution in [3.05, 3.63) is 47.4 Å². The van der Waals surface area contributed by atoms with E-state index in [-0.39, 0.29) is 36.4 Å². The molecule has 0 radical (unpaired) electrons. The number of cyclic esters (lactones) is 1. The quantitative estimate of drug-likeness (QED) is 0.392. The molecular weight excluding hydrogens is 524 g/mol. The van der Waals surface area contributed by atoms with E-state index >= 15 is 0 Å². The molecule has 5 heterocycles. The first-order valence-corrected chi connectivity index (χ1v) is 14.0. The van der Waals surface area contributed by atoms with Crippen molar-refractivity contribution in [1.82, 2.24) is 19.9 Å². The van der Waals surface area contributed by atoms with Crippen LogP contribution in [0.5, 0.6) is 5.88 Å². The number of nitrogens with zero attached hydrogens (tertiary/aromatic N) is 4. The number of hydrogen-bond acceptors (Lipinski definition) is 10. The summed E-state index contributed by atoms with van der Waals surface area (Å²) in [5.41, 5.74) is 7.12. The summed E-state index contributed by atoms with van der Waals surface area (Å²) in [6.45, 7) is 9.05. The number of methoxy groups -OCH3 is 1. The zero-order valence-electron chi connectivity index (χ0n) is 24.1. The van der Waals surface area contributed by atoms with Gasteiger partial charge in [-0.3, -0.25) is 4.79 Å². The first-order chi connectivity index (χ1) is 19.5. The third-order valence-electron chi connectivity index (χ3n) is 8.37. The van der Waals surface area contributed by atoms with E-state index in [0.717, 1.165) is 23.8 Å². The molecule has 0 aromatic carbocycles. The van der Waals surface area contributed by atoms with Crippen LogP contribution in [0.25, 0.3) is 10.8 Å². The smallest absolute Gasteiger partial charge is 0.340 e. The number of esters is 1. The Morgan fingerprint density at radius 3 is 2.66 bits per heavy atom. The number of aromatic nitrogens is 3. The lowest BCUT2D eigenvalue weighted by Crippen LogP contribution is -2.56. The average molecular weight is 561 g/mol. The van der Waals surface area contributed by atoms with Gasteiger partial charge in [-0.05, 0) is 57.2 Å². The fraction of sp³-hybridized carbons (Fsp3) is 0.500. The van der Waals surface area contributed by atoms with Gasteiger partial charge in [0.1, 0.15) is 23.3 Å². The number of rotatable bonds is 8. The van der Waals surface area contributed by atoms with Gasteiger partial charge in [0.25, 0.3) is 0 Å². The molecule has 11 heteroatoms. The van der Waals surface area contributed by atoms with Gasteiger partial charge >= 0.3 is 5.97 Å².